The highest BCUT2D eigenvalue weighted by molar-refractivity contribution is 5.38. The third-order valence-corrected chi connectivity index (χ3v) is 3.31. The fourth-order valence-corrected chi connectivity index (χ4v) is 1.68. The van der Waals surface area contributed by atoms with Crippen molar-refractivity contribution in [3.05, 3.63) is 18.1 Å². The highest BCUT2D eigenvalue weighted by Crippen LogP contribution is 2.16. The Morgan fingerprint density at radius 3 is 2.44 bits per heavy atom. The normalized spacial score (nSPS) is 13.1. The predicted octanol–water partition coefficient (Wildman–Crippen LogP) is 2.41. The molecule has 0 amide bonds. The molecule has 1 rings (SSSR count). The Bertz CT molecular complexity index is 363. The topological polar surface area (TPSA) is 55.0 Å². The quantitative estimate of drug-likeness (QED) is 0.842. The second-order valence-corrected chi connectivity index (χ2v) is 5.57. The molecule has 0 aliphatic carbocycles. The van der Waals surface area contributed by atoms with E-state index in [-0.39, 0.29) is 6.04 Å². The van der Waals surface area contributed by atoms with Gasteiger partial charge in [0.15, 0.2) is 0 Å². The van der Waals surface area contributed by atoms with Crippen molar-refractivity contribution in [3.8, 4) is 0 Å². The molecule has 1 unspecified atom stereocenters. The van der Waals surface area contributed by atoms with Crippen LogP contribution in [0, 0.1) is 5.92 Å². The van der Waals surface area contributed by atoms with Crippen molar-refractivity contribution in [2.45, 2.75) is 46.1 Å². The number of hydrogen-bond acceptors (Lipinski definition) is 4. The molecule has 0 aliphatic rings. The Balaban J connectivity index is 2.61. The number of aromatic nitrogens is 2. The number of rotatable bonds is 6. The third kappa shape index (κ3) is 4.26. The highest BCUT2D eigenvalue weighted by Gasteiger charge is 2.11. The van der Waals surface area contributed by atoms with Crippen molar-refractivity contribution in [1.82, 2.24) is 9.97 Å². The van der Waals surface area contributed by atoms with Gasteiger partial charge in [0.05, 0.1) is 0 Å². The zero-order valence-electron chi connectivity index (χ0n) is 12.2. The largest absolute Gasteiger partial charge is 0.360 e. The number of nitrogens with two attached hydrogens (primary N) is 1. The van der Waals surface area contributed by atoms with E-state index in [2.05, 4.69) is 55.7 Å². The second kappa shape index (κ2) is 6.69. The number of hydrogen-bond donors (Lipinski definition) is 1. The van der Waals surface area contributed by atoms with Gasteiger partial charge in [-0.25, -0.2) is 9.97 Å². The molecular formula is C14H26N4. The Labute approximate surface area is 111 Å². The van der Waals surface area contributed by atoms with Gasteiger partial charge in [-0.15, -0.1) is 0 Å². The van der Waals surface area contributed by atoms with Crippen molar-refractivity contribution in [2.75, 3.05) is 18.5 Å². The minimum Gasteiger partial charge on any atom is -0.360 e. The van der Waals surface area contributed by atoms with Gasteiger partial charge in [0.25, 0.3) is 0 Å². The van der Waals surface area contributed by atoms with Crippen LogP contribution in [0.5, 0.6) is 0 Å². The van der Waals surface area contributed by atoms with E-state index >= 15 is 0 Å². The lowest BCUT2D eigenvalue weighted by molar-refractivity contribution is 0.465. The van der Waals surface area contributed by atoms with Gasteiger partial charge in [0, 0.05) is 31.4 Å². The Hall–Kier alpha value is -1.16. The van der Waals surface area contributed by atoms with Gasteiger partial charge < -0.3 is 10.6 Å². The van der Waals surface area contributed by atoms with Crippen LogP contribution in [0.25, 0.3) is 0 Å². The molecule has 0 aliphatic heterocycles. The Morgan fingerprint density at radius 1 is 1.22 bits per heavy atom. The summed E-state index contributed by atoms with van der Waals surface area (Å²) in [7, 11) is 2.06. The van der Waals surface area contributed by atoms with Crippen LogP contribution in [0.4, 0.5) is 5.82 Å². The maximum atomic E-state index is 6.06. The molecule has 0 bridgehead atoms. The summed E-state index contributed by atoms with van der Waals surface area (Å²) in [6.45, 7) is 9.52. The lowest BCUT2D eigenvalue weighted by atomic mass is 10.0. The van der Waals surface area contributed by atoms with Crippen LogP contribution in [0.1, 0.15) is 45.7 Å². The van der Waals surface area contributed by atoms with E-state index in [0.717, 1.165) is 24.5 Å². The fraction of sp³-hybridized carbons (Fsp3) is 0.714. The summed E-state index contributed by atoms with van der Waals surface area (Å²) in [5, 5.41) is 0. The van der Waals surface area contributed by atoms with E-state index in [4.69, 9.17) is 5.73 Å². The zero-order chi connectivity index (χ0) is 13.7. The van der Waals surface area contributed by atoms with Crippen molar-refractivity contribution in [3.63, 3.8) is 0 Å². The Kier molecular flexibility index (Phi) is 5.54. The molecule has 0 aromatic carbocycles. The molecule has 1 aromatic rings. The van der Waals surface area contributed by atoms with Crippen molar-refractivity contribution < 1.29 is 0 Å². The smallest absolute Gasteiger partial charge is 0.131 e. The average molecular weight is 250 g/mol. The molecule has 102 valence electrons. The Morgan fingerprint density at radius 2 is 1.89 bits per heavy atom. The van der Waals surface area contributed by atoms with Crippen LogP contribution < -0.4 is 10.6 Å². The third-order valence-electron chi connectivity index (χ3n) is 3.31. The molecule has 2 N–H and O–H groups in total. The van der Waals surface area contributed by atoms with Crippen LogP contribution >= 0.6 is 0 Å². The van der Waals surface area contributed by atoms with Gasteiger partial charge in [0.1, 0.15) is 12.1 Å². The molecule has 0 spiro atoms. The summed E-state index contributed by atoms with van der Waals surface area (Å²) < 4.78 is 0. The molecule has 18 heavy (non-hydrogen) atoms. The van der Waals surface area contributed by atoms with E-state index in [0.29, 0.717) is 11.8 Å². The molecule has 4 heteroatoms. The molecule has 1 heterocycles. The van der Waals surface area contributed by atoms with Crippen molar-refractivity contribution >= 4 is 5.82 Å². The monoisotopic (exact) mass is 250 g/mol. The molecular weight excluding hydrogens is 224 g/mol. The van der Waals surface area contributed by atoms with Gasteiger partial charge in [0.2, 0.25) is 0 Å². The lowest BCUT2D eigenvalue weighted by Crippen LogP contribution is -2.32. The molecule has 4 nitrogen and oxygen atoms in total. The van der Waals surface area contributed by atoms with Crippen LogP contribution in [0.15, 0.2) is 12.4 Å². The summed E-state index contributed by atoms with van der Waals surface area (Å²) in [6, 6.07) is 2.31. The summed E-state index contributed by atoms with van der Waals surface area (Å²) in [6.07, 6.45) is 2.62. The molecule has 0 saturated heterocycles. The summed E-state index contributed by atoms with van der Waals surface area (Å²) >= 11 is 0. The predicted molar refractivity (Wildman–Crippen MR) is 76.8 cm³/mol. The molecule has 0 fully saturated rings. The average Bonchev–Trinajstić information content (AvgIpc) is 2.35. The number of nitrogens with zero attached hydrogens (tertiary/aromatic N) is 3. The second-order valence-electron chi connectivity index (χ2n) is 5.57. The van der Waals surface area contributed by atoms with E-state index in [1.807, 2.05) is 0 Å². The van der Waals surface area contributed by atoms with Gasteiger partial charge in [-0.1, -0.05) is 27.7 Å². The summed E-state index contributed by atoms with van der Waals surface area (Å²) in [5.41, 5.74) is 7.14. The minimum atomic E-state index is 0.249. The summed E-state index contributed by atoms with van der Waals surface area (Å²) in [5.74, 6) is 1.93. The summed E-state index contributed by atoms with van der Waals surface area (Å²) in [4.78, 5) is 10.7. The van der Waals surface area contributed by atoms with Crippen molar-refractivity contribution in [2.24, 2.45) is 11.7 Å². The zero-order valence-corrected chi connectivity index (χ0v) is 12.2. The highest BCUT2D eigenvalue weighted by atomic mass is 15.2. The molecule has 0 saturated carbocycles. The van der Waals surface area contributed by atoms with Gasteiger partial charge in [-0.3, -0.25) is 0 Å². The van der Waals surface area contributed by atoms with Crippen LogP contribution in [-0.2, 0) is 0 Å². The molecule has 1 atom stereocenters. The lowest BCUT2D eigenvalue weighted by Gasteiger charge is -2.22. The molecule has 0 radical (unpaired) electrons. The SMILES string of the molecule is CC(C)c1cc(N(C)CCC(N)C(C)C)ncn1. The van der Waals surface area contributed by atoms with Crippen molar-refractivity contribution in [1.29, 1.82) is 0 Å². The minimum absolute atomic E-state index is 0.249. The van der Waals surface area contributed by atoms with E-state index in [9.17, 15) is 0 Å². The van der Waals surface area contributed by atoms with Gasteiger partial charge in [-0.05, 0) is 18.3 Å². The maximum absolute atomic E-state index is 6.06. The van der Waals surface area contributed by atoms with Crippen LogP contribution in [0.3, 0.4) is 0 Å². The van der Waals surface area contributed by atoms with Crippen LogP contribution in [0.2, 0.25) is 0 Å². The first kappa shape index (κ1) is 14.9. The maximum Gasteiger partial charge on any atom is 0.131 e. The fourth-order valence-electron chi connectivity index (χ4n) is 1.68. The van der Waals surface area contributed by atoms with Gasteiger partial charge >= 0.3 is 0 Å². The van der Waals surface area contributed by atoms with E-state index < -0.39 is 0 Å². The van der Waals surface area contributed by atoms with Gasteiger partial charge in [-0.2, -0.15) is 0 Å². The van der Waals surface area contributed by atoms with E-state index in [1.54, 1.807) is 6.33 Å². The molecule has 1 aromatic heterocycles. The number of anilines is 1. The van der Waals surface area contributed by atoms with Crippen LogP contribution in [-0.4, -0.2) is 29.6 Å². The first-order chi connectivity index (χ1) is 8.41. The first-order valence-corrected chi connectivity index (χ1v) is 6.70. The first-order valence-electron chi connectivity index (χ1n) is 6.70. The van der Waals surface area contributed by atoms with E-state index in [1.165, 1.54) is 0 Å². The standard InChI is InChI=1S/C14H26N4/c1-10(2)12(15)6-7-18(5)14-8-13(11(3)4)16-9-17-14/h8-12H,6-7,15H2,1-5H3.